The molecule has 0 atom stereocenters. The SMILES string of the molecule is COc1ccc2c(c1)-c1c(ssc1=Nc1ccccc1O)C(C)(C)N2. The maximum Gasteiger partial charge on any atom is 0.141 e. The van der Waals surface area contributed by atoms with Gasteiger partial charge in [-0.25, -0.2) is 4.99 Å². The van der Waals surface area contributed by atoms with Crippen LogP contribution in [0.2, 0.25) is 0 Å². The lowest BCUT2D eigenvalue weighted by atomic mass is 9.90. The molecule has 0 spiro atoms. The van der Waals surface area contributed by atoms with Gasteiger partial charge in [-0.05, 0) is 44.2 Å². The van der Waals surface area contributed by atoms with E-state index in [1.54, 1.807) is 39.9 Å². The fourth-order valence-corrected chi connectivity index (χ4v) is 5.95. The summed E-state index contributed by atoms with van der Waals surface area (Å²) in [5.74, 6) is 1.00. The van der Waals surface area contributed by atoms with E-state index in [4.69, 9.17) is 9.73 Å². The molecule has 1 aliphatic heterocycles. The molecule has 2 N–H and O–H groups in total. The van der Waals surface area contributed by atoms with Crippen molar-refractivity contribution in [1.29, 1.82) is 0 Å². The molecule has 0 amide bonds. The zero-order chi connectivity index (χ0) is 17.6. The Morgan fingerprint density at radius 1 is 1.12 bits per heavy atom. The van der Waals surface area contributed by atoms with Gasteiger partial charge in [0.15, 0.2) is 0 Å². The van der Waals surface area contributed by atoms with E-state index >= 15 is 0 Å². The van der Waals surface area contributed by atoms with Gasteiger partial charge in [0, 0.05) is 16.8 Å². The van der Waals surface area contributed by atoms with Crippen LogP contribution in [0.5, 0.6) is 11.5 Å². The number of methoxy groups -OCH3 is 1. The van der Waals surface area contributed by atoms with Crippen molar-refractivity contribution in [2.75, 3.05) is 12.4 Å². The zero-order valence-corrected chi connectivity index (χ0v) is 15.8. The molecule has 0 unspecified atom stereocenters. The van der Waals surface area contributed by atoms with Gasteiger partial charge >= 0.3 is 0 Å². The number of fused-ring (bicyclic) bond motifs is 3. The molecule has 0 saturated heterocycles. The maximum absolute atomic E-state index is 10.1. The lowest BCUT2D eigenvalue weighted by Gasteiger charge is -2.33. The van der Waals surface area contributed by atoms with Gasteiger partial charge in [-0.2, -0.15) is 0 Å². The van der Waals surface area contributed by atoms with Gasteiger partial charge in [0.2, 0.25) is 0 Å². The first-order chi connectivity index (χ1) is 12.0. The van der Waals surface area contributed by atoms with Crippen molar-refractivity contribution in [2.45, 2.75) is 19.4 Å². The first-order valence-corrected chi connectivity index (χ1v) is 10.1. The summed E-state index contributed by atoms with van der Waals surface area (Å²) in [6.45, 7) is 4.35. The van der Waals surface area contributed by atoms with Crippen LogP contribution in [-0.2, 0) is 5.54 Å². The number of anilines is 1. The van der Waals surface area contributed by atoms with Gasteiger partial charge in [0.05, 0.1) is 17.5 Å². The van der Waals surface area contributed by atoms with Gasteiger partial charge < -0.3 is 15.2 Å². The lowest BCUT2D eigenvalue weighted by Crippen LogP contribution is -2.31. The van der Waals surface area contributed by atoms with Crippen molar-refractivity contribution in [1.82, 2.24) is 0 Å². The number of rotatable bonds is 2. The van der Waals surface area contributed by atoms with E-state index in [0.717, 1.165) is 27.2 Å². The third-order valence-corrected chi connectivity index (χ3v) is 6.90. The van der Waals surface area contributed by atoms with Gasteiger partial charge in [-0.3, -0.25) is 0 Å². The molecule has 4 rings (SSSR count). The molecule has 0 fully saturated rings. The van der Waals surface area contributed by atoms with Crippen LogP contribution < -0.4 is 14.7 Å². The van der Waals surface area contributed by atoms with E-state index < -0.39 is 0 Å². The number of phenols is 1. The van der Waals surface area contributed by atoms with Crippen LogP contribution in [0.25, 0.3) is 11.1 Å². The first kappa shape index (κ1) is 16.2. The minimum atomic E-state index is -0.176. The molecule has 6 heteroatoms. The van der Waals surface area contributed by atoms with E-state index in [-0.39, 0.29) is 11.3 Å². The van der Waals surface area contributed by atoms with Crippen molar-refractivity contribution in [3.63, 3.8) is 0 Å². The van der Waals surface area contributed by atoms with Crippen LogP contribution in [0, 0.1) is 0 Å². The second-order valence-corrected chi connectivity index (χ2v) is 8.57. The Bertz CT molecular complexity index is 1020. The number of benzene rings is 2. The van der Waals surface area contributed by atoms with Crippen LogP contribution in [0.1, 0.15) is 18.7 Å². The summed E-state index contributed by atoms with van der Waals surface area (Å²) in [7, 11) is 5.03. The molecule has 2 heterocycles. The van der Waals surface area contributed by atoms with Gasteiger partial charge in [-0.1, -0.05) is 32.8 Å². The molecule has 25 heavy (non-hydrogen) atoms. The van der Waals surface area contributed by atoms with Crippen LogP contribution in [0.15, 0.2) is 47.5 Å². The predicted octanol–water partition coefficient (Wildman–Crippen LogP) is 5.08. The van der Waals surface area contributed by atoms with E-state index in [0.29, 0.717) is 5.69 Å². The largest absolute Gasteiger partial charge is 0.506 e. The third kappa shape index (κ3) is 2.71. The fraction of sp³-hybridized carbons (Fsp3) is 0.211. The third-order valence-electron chi connectivity index (χ3n) is 4.26. The molecule has 0 radical (unpaired) electrons. The maximum atomic E-state index is 10.1. The van der Waals surface area contributed by atoms with Crippen LogP contribution in [-0.4, -0.2) is 12.2 Å². The number of nitrogens with zero attached hydrogens (tertiary/aromatic N) is 1. The molecule has 3 aromatic rings. The highest BCUT2D eigenvalue weighted by molar-refractivity contribution is 7.68. The second-order valence-electron chi connectivity index (χ2n) is 6.44. The summed E-state index contributed by atoms with van der Waals surface area (Å²) in [6, 6.07) is 13.2. The minimum absolute atomic E-state index is 0.176. The van der Waals surface area contributed by atoms with Crippen molar-refractivity contribution in [3.05, 3.63) is 52.0 Å². The summed E-state index contributed by atoms with van der Waals surface area (Å²) in [4.78, 5) is 5.99. The summed E-state index contributed by atoms with van der Waals surface area (Å²) in [6.07, 6.45) is 0. The quantitative estimate of drug-likeness (QED) is 0.618. The summed E-state index contributed by atoms with van der Waals surface area (Å²) in [5, 5.41) is 13.7. The smallest absolute Gasteiger partial charge is 0.141 e. The Labute approximate surface area is 153 Å². The van der Waals surface area contributed by atoms with Gasteiger partial charge in [0.1, 0.15) is 21.9 Å². The number of aromatic hydroxyl groups is 1. The molecule has 4 nitrogen and oxygen atoms in total. The molecular formula is C19H18N2O2S2. The summed E-state index contributed by atoms with van der Waals surface area (Å²) in [5.41, 5.74) is 3.68. The standard InChI is InChI=1S/C19H18N2O2S2/c1-19(2)17-16(12-10-11(23-3)8-9-13(12)21-19)18(25-24-17)20-14-6-4-5-7-15(14)22/h4-10,21-22H,1-3H3. The summed E-state index contributed by atoms with van der Waals surface area (Å²) < 4.78 is 6.32. The van der Waals surface area contributed by atoms with E-state index in [1.807, 2.05) is 30.3 Å². The monoisotopic (exact) mass is 370 g/mol. The molecule has 1 aromatic heterocycles. The van der Waals surface area contributed by atoms with Crippen molar-refractivity contribution in [3.8, 4) is 22.6 Å². The predicted molar refractivity (Wildman–Crippen MR) is 104 cm³/mol. The minimum Gasteiger partial charge on any atom is -0.506 e. The van der Waals surface area contributed by atoms with Crippen LogP contribution in [0.4, 0.5) is 11.4 Å². The fourth-order valence-electron chi connectivity index (χ4n) is 3.02. The molecule has 2 aromatic carbocycles. The molecule has 0 aliphatic carbocycles. The Hall–Kier alpha value is -2.31. The molecule has 0 saturated carbocycles. The van der Waals surface area contributed by atoms with Gasteiger partial charge in [0.25, 0.3) is 0 Å². The van der Waals surface area contributed by atoms with E-state index in [9.17, 15) is 5.11 Å². The van der Waals surface area contributed by atoms with Crippen LogP contribution >= 0.6 is 20.7 Å². The number of nitrogens with one attached hydrogen (secondary N) is 1. The highest BCUT2D eigenvalue weighted by Gasteiger charge is 2.33. The number of ether oxygens (including phenoxy) is 1. The number of hydrogen-bond donors (Lipinski definition) is 2. The Morgan fingerprint density at radius 2 is 1.92 bits per heavy atom. The Balaban J connectivity index is 2.00. The molecule has 128 valence electrons. The Morgan fingerprint density at radius 3 is 2.68 bits per heavy atom. The zero-order valence-electron chi connectivity index (χ0n) is 14.2. The second kappa shape index (κ2) is 5.89. The normalized spacial score (nSPS) is 15.2. The van der Waals surface area contributed by atoms with Gasteiger partial charge in [-0.15, -0.1) is 0 Å². The Kier molecular flexibility index (Phi) is 3.81. The number of para-hydroxylation sites is 2. The average Bonchev–Trinajstić information content (AvgIpc) is 3.02. The highest BCUT2D eigenvalue weighted by Crippen LogP contribution is 2.46. The van der Waals surface area contributed by atoms with Crippen molar-refractivity contribution in [2.24, 2.45) is 4.99 Å². The number of hydrogen-bond acceptors (Lipinski definition) is 6. The van der Waals surface area contributed by atoms with E-state index in [2.05, 4.69) is 19.2 Å². The molecule has 1 aliphatic rings. The summed E-state index contributed by atoms with van der Waals surface area (Å²) >= 11 is 0. The topological polar surface area (TPSA) is 53.9 Å². The first-order valence-electron chi connectivity index (χ1n) is 7.92. The highest BCUT2D eigenvalue weighted by atomic mass is 32.9. The number of phenolic OH excluding ortho intramolecular Hbond substituents is 1. The van der Waals surface area contributed by atoms with Crippen LogP contribution in [0.3, 0.4) is 0 Å². The van der Waals surface area contributed by atoms with Crippen molar-refractivity contribution < 1.29 is 9.84 Å². The lowest BCUT2D eigenvalue weighted by molar-refractivity contribution is 0.415. The average molecular weight is 370 g/mol. The molecular weight excluding hydrogens is 352 g/mol. The molecule has 0 bridgehead atoms. The van der Waals surface area contributed by atoms with Crippen molar-refractivity contribution >= 4 is 32.1 Å². The van der Waals surface area contributed by atoms with E-state index in [1.165, 1.54) is 4.88 Å².